The quantitative estimate of drug-likeness (QED) is 0.897. The maximum absolute atomic E-state index is 4.52. The minimum atomic E-state index is 0.802. The molecule has 1 fully saturated rings. The van der Waals surface area contributed by atoms with E-state index in [1.54, 1.807) is 0 Å². The van der Waals surface area contributed by atoms with Gasteiger partial charge in [0.05, 0.1) is 15.9 Å². The van der Waals surface area contributed by atoms with Crippen molar-refractivity contribution >= 4 is 27.7 Å². The van der Waals surface area contributed by atoms with Crippen LogP contribution in [0.1, 0.15) is 37.6 Å². The molecule has 0 radical (unpaired) electrons. The van der Waals surface area contributed by atoms with Crippen LogP contribution in [-0.4, -0.2) is 27.3 Å². The zero-order valence-corrected chi connectivity index (χ0v) is 13.6. The molecule has 2 heterocycles. The van der Waals surface area contributed by atoms with E-state index in [0.29, 0.717) is 0 Å². The zero-order chi connectivity index (χ0) is 13.0. The summed E-state index contributed by atoms with van der Waals surface area (Å²) in [6.45, 7) is 7.15. The molecule has 1 atom stereocenters. The summed E-state index contributed by atoms with van der Waals surface area (Å²) in [5.74, 6) is 1.34. The van der Waals surface area contributed by atoms with Crippen molar-refractivity contribution in [1.82, 2.24) is 15.1 Å². The van der Waals surface area contributed by atoms with Crippen LogP contribution in [0.15, 0.2) is 4.47 Å². The zero-order valence-electron chi connectivity index (χ0n) is 11.2. The highest BCUT2D eigenvalue weighted by Crippen LogP contribution is 2.25. The Labute approximate surface area is 122 Å². The third-order valence-corrected chi connectivity index (χ3v) is 5.82. The van der Waals surface area contributed by atoms with Gasteiger partial charge in [-0.2, -0.15) is 16.9 Å². The predicted molar refractivity (Wildman–Crippen MR) is 82.1 cm³/mol. The Morgan fingerprint density at radius 2 is 2.33 bits per heavy atom. The fraction of sp³-hybridized carbons (Fsp3) is 0.769. The first-order chi connectivity index (χ1) is 8.72. The fourth-order valence-corrected chi connectivity index (χ4v) is 4.06. The minimum Gasteiger partial charge on any atom is -0.310 e. The number of thioether (sulfide) groups is 1. The van der Waals surface area contributed by atoms with Crippen molar-refractivity contribution in [3.63, 3.8) is 0 Å². The maximum atomic E-state index is 4.52. The average molecular weight is 332 g/mol. The van der Waals surface area contributed by atoms with Crippen molar-refractivity contribution in [1.29, 1.82) is 0 Å². The highest BCUT2D eigenvalue weighted by molar-refractivity contribution is 9.10. The first-order valence-corrected chi connectivity index (χ1v) is 8.60. The SMILES string of the molecule is CCn1nc(C)c(Br)c1CNCC1CCCCS1. The summed E-state index contributed by atoms with van der Waals surface area (Å²) in [6, 6.07) is 0. The molecule has 1 aliphatic heterocycles. The van der Waals surface area contributed by atoms with Gasteiger partial charge in [-0.3, -0.25) is 4.68 Å². The normalized spacial score (nSPS) is 20.3. The first-order valence-electron chi connectivity index (χ1n) is 6.76. The van der Waals surface area contributed by atoms with Gasteiger partial charge in [0, 0.05) is 24.9 Å². The van der Waals surface area contributed by atoms with Crippen LogP contribution in [0.3, 0.4) is 0 Å². The highest BCUT2D eigenvalue weighted by Gasteiger charge is 2.15. The van der Waals surface area contributed by atoms with Crippen LogP contribution in [0.4, 0.5) is 0 Å². The summed E-state index contributed by atoms with van der Waals surface area (Å²) in [7, 11) is 0. The van der Waals surface area contributed by atoms with E-state index in [1.165, 1.54) is 30.7 Å². The van der Waals surface area contributed by atoms with Crippen molar-refractivity contribution < 1.29 is 0 Å². The molecule has 102 valence electrons. The van der Waals surface area contributed by atoms with Gasteiger partial charge in [-0.15, -0.1) is 0 Å². The van der Waals surface area contributed by atoms with E-state index in [9.17, 15) is 0 Å². The lowest BCUT2D eigenvalue weighted by Gasteiger charge is -2.21. The third-order valence-electron chi connectivity index (χ3n) is 3.39. The van der Waals surface area contributed by atoms with Crippen LogP contribution >= 0.6 is 27.7 Å². The van der Waals surface area contributed by atoms with E-state index < -0.39 is 0 Å². The maximum Gasteiger partial charge on any atom is 0.0739 e. The molecule has 0 saturated carbocycles. The molecule has 0 aliphatic carbocycles. The van der Waals surface area contributed by atoms with E-state index in [-0.39, 0.29) is 0 Å². The number of aryl methyl sites for hydroxylation is 2. The first kappa shape index (κ1) is 14.4. The summed E-state index contributed by atoms with van der Waals surface area (Å²) in [4.78, 5) is 0. The van der Waals surface area contributed by atoms with E-state index in [4.69, 9.17) is 0 Å². The van der Waals surface area contributed by atoms with Gasteiger partial charge in [-0.1, -0.05) is 6.42 Å². The van der Waals surface area contributed by atoms with Crippen LogP contribution in [-0.2, 0) is 13.1 Å². The van der Waals surface area contributed by atoms with Crippen molar-refractivity contribution in [2.75, 3.05) is 12.3 Å². The van der Waals surface area contributed by atoms with Gasteiger partial charge in [0.15, 0.2) is 0 Å². The monoisotopic (exact) mass is 331 g/mol. The van der Waals surface area contributed by atoms with Crippen molar-refractivity contribution in [2.45, 2.75) is 51.4 Å². The van der Waals surface area contributed by atoms with E-state index in [0.717, 1.165) is 35.1 Å². The Morgan fingerprint density at radius 3 is 3.00 bits per heavy atom. The number of nitrogens with one attached hydrogen (secondary N) is 1. The number of hydrogen-bond donors (Lipinski definition) is 1. The van der Waals surface area contributed by atoms with Crippen LogP contribution in [0.5, 0.6) is 0 Å². The second-order valence-corrected chi connectivity index (χ2v) is 6.98. The highest BCUT2D eigenvalue weighted by atomic mass is 79.9. The molecule has 1 aromatic heterocycles. The number of nitrogens with zero attached hydrogens (tertiary/aromatic N) is 2. The third kappa shape index (κ3) is 3.52. The molecule has 0 amide bonds. The largest absolute Gasteiger partial charge is 0.310 e. The van der Waals surface area contributed by atoms with E-state index in [1.807, 2.05) is 0 Å². The molecule has 0 bridgehead atoms. The fourth-order valence-electron chi connectivity index (χ4n) is 2.36. The Kier molecular flexibility index (Phi) is 5.57. The lowest BCUT2D eigenvalue weighted by molar-refractivity contribution is 0.557. The molecule has 1 saturated heterocycles. The summed E-state index contributed by atoms with van der Waals surface area (Å²) in [5.41, 5.74) is 2.36. The van der Waals surface area contributed by atoms with Gasteiger partial charge in [0.25, 0.3) is 0 Å². The molecule has 0 spiro atoms. The van der Waals surface area contributed by atoms with Gasteiger partial charge < -0.3 is 5.32 Å². The molecule has 3 nitrogen and oxygen atoms in total. The second kappa shape index (κ2) is 6.96. The molecule has 1 unspecified atom stereocenters. The van der Waals surface area contributed by atoms with Gasteiger partial charge in [0.2, 0.25) is 0 Å². The summed E-state index contributed by atoms with van der Waals surface area (Å²) in [6.07, 6.45) is 4.16. The van der Waals surface area contributed by atoms with Gasteiger partial charge in [0.1, 0.15) is 0 Å². The molecule has 1 N–H and O–H groups in total. The molecule has 2 rings (SSSR count). The van der Waals surface area contributed by atoms with Crippen LogP contribution in [0.25, 0.3) is 0 Å². The topological polar surface area (TPSA) is 29.9 Å². The standard InChI is InChI=1S/C13H22BrN3S/c1-3-17-12(13(14)10(2)16-17)9-15-8-11-6-4-5-7-18-11/h11,15H,3-9H2,1-2H3. The lowest BCUT2D eigenvalue weighted by Crippen LogP contribution is -2.27. The molecule has 18 heavy (non-hydrogen) atoms. The van der Waals surface area contributed by atoms with E-state index >= 15 is 0 Å². The Balaban J connectivity index is 1.85. The van der Waals surface area contributed by atoms with Gasteiger partial charge in [-0.25, -0.2) is 0 Å². The van der Waals surface area contributed by atoms with Crippen molar-refractivity contribution in [3.8, 4) is 0 Å². The predicted octanol–water partition coefficient (Wildman–Crippen LogP) is 3.35. The number of halogens is 1. The van der Waals surface area contributed by atoms with Crippen LogP contribution in [0.2, 0.25) is 0 Å². The van der Waals surface area contributed by atoms with Crippen LogP contribution < -0.4 is 5.32 Å². The molecule has 1 aliphatic rings. The number of aromatic nitrogens is 2. The summed E-state index contributed by atoms with van der Waals surface area (Å²) >= 11 is 5.76. The van der Waals surface area contributed by atoms with E-state index in [2.05, 4.69) is 56.6 Å². The van der Waals surface area contributed by atoms with Gasteiger partial charge >= 0.3 is 0 Å². The Bertz CT molecular complexity index is 386. The summed E-state index contributed by atoms with van der Waals surface area (Å²) < 4.78 is 3.24. The smallest absolute Gasteiger partial charge is 0.0739 e. The van der Waals surface area contributed by atoms with Crippen molar-refractivity contribution in [3.05, 3.63) is 15.9 Å². The van der Waals surface area contributed by atoms with Gasteiger partial charge in [-0.05, 0) is 48.4 Å². The summed E-state index contributed by atoms with van der Waals surface area (Å²) in [5, 5.41) is 8.91. The Hall–Kier alpha value is -0.0000000000000000555. The molecule has 1 aromatic rings. The second-order valence-electron chi connectivity index (χ2n) is 4.78. The molecular formula is C13H22BrN3S. The van der Waals surface area contributed by atoms with Crippen LogP contribution in [0, 0.1) is 6.92 Å². The molecule has 5 heteroatoms. The Morgan fingerprint density at radius 1 is 1.50 bits per heavy atom. The number of hydrogen-bond acceptors (Lipinski definition) is 3. The lowest BCUT2D eigenvalue weighted by atomic mass is 10.2. The molecule has 0 aromatic carbocycles. The molecular weight excluding hydrogens is 310 g/mol. The average Bonchev–Trinajstić information content (AvgIpc) is 2.67. The number of rotatable bonds is 5. The van der Waals surface area contributed by atoms with Crippen molar-refractivity contribution in [2.24, 2.45) is 0 Å². The minimum absolute atomic E-state index is 0.802.